The van der Waals surface area contributed by atoms with Gasteiger partial charge in [0.05, 0.1) is 10.4 Å². The topological polar surface area (TPSA) is 104 Å². The molecule has 0 fully saturated rings. The maximum atomic E-state index is 13.5. The van der Waals surface area contributed by atoms with Crippen molar-refractivity contribution in [1.82, 2.24) is 10.3 Å². The van der Waals surface area contributed by atoms with Crippen molar-refractivity contribution in [1.29, 1.82) is 5.41 Å². The number of rotatable bonds is 6. The molecular weight excluding hydrogens is 477 g/mol. The first-order valence-electron chi connectivity index (χ1n) is 9.57. The molecule has 0 saturated carbocycles. The molecule has 0 aliphatic rings. The van der Waals surface area contributed by atoms with Crippen LogP contribution < -0.4 is 10.6 Å². The number of nitrogens with zero attached hydrogens (tertiary/aromatic N) is 2. The van der Waals surface area contributed by atoms with Crippen molar-refractivity contribution in [2.24, 2.45) is 0 Å². The lowest BCUT2D eigenvalue weighted by Crippen LogP contribution is -2.24. The molecule has 1 amide bonds. The number of hydrogen-bond donors (Lipinski definition) is 3. The fourth-order valence-electron chi connectivity index (χ4n) is 3.19. The average molecular weight is 494 g/mol. The van der Waals surface area contributed by atoms with Gasteiger partial charge in [-0.25, -0.2) is 9.02 Å². The molecule has 0 radical (unpaired) electrons. The van der Waals surface area contributed by atoms with Gasteiger partial charge in [0, 0.05) is 5.69 Å². The van der Waals surface area contributed by atoms with Gasteiger partial charge in [-0.1, -0.05) is 60.7 Å². The molecule has 0 atom stereocenters. The molecule has 3 aromatic carbocycles. The third-order valence-electron chi connectivity index (χ3n) is 4.68. The van der Waals surface area contributed by atoms with Gasteiger partial charge in [0.15, 0.2) is 11.5 Å². The summed E-state index contributed by atoms with van der Waals surface area (Å²) in [5.41, 5.74) is 2.07. The van der Waals surface area contributed by atoms with Crippen molar-refractivity contribution >= 4 is 39.2 Å². The smallest absolute Gasteiger partial charge is 0.237 e. The third kappa shape index (κ3) is 4.73. The van der Waals surface area contributed by atoms with E-state index in [-0.39, 0.29) is 27.7 Å². The molecule has 160 valence electrons. The maximum absolute atomic E-state index is 13.5. The van der Waals surface area contributed by atoms with E-state index in [9.17, 15) is 9.18 Å². The van der Waals surface area contributed by atoms with E-state index in [0.29, 0.717) is 5.69 Å². The highest BCUT2D eigenvalue weighted by Crippen LogP contribution is 2.27. The Labute approximate surface area is 191 Å². The Bertz CT molecular complexity index is 1210. The summed E-state index contributed by atoms with van der Waals surface area (Å²) in [7, 11) is 0. The molecule has 7 nitrogen and oxygen atoms in total. The van der Waals surface area contributed by atoms with Gasteiger partial charge < -0.3 is 10.6 Å². The van der Waals surface area contributed by atoms with Crippen LogP contribution in [0.15, 0.2) is 88.0 Å². The van der Waals surface area contributed by atoms with E-state index < -0.39 is 11.7 Å². The second-order valence-electron chi connectivity index (χ2n) is 6.83. The van der Waals surface area contributed by atoms with Crippen molar-refractivity contribution in [2.45, 2.75) is 5.92 Å². The van der Waals surface area contributed by atoms with Crippen LogP contribution in [0.25, 0.3) is 0 Å². The van der Waals surface area contributed by atoms with Crippen LogP contribution in [0.3, 0.4) is 0 Å². The number of nitrogens with one attached hydrogen (secondary N) is 3. The van der Waals surface area contributed by atoms with Crippen LogP contribution in [0.5, 0.6) is 0 Å². The Morgan fingerprint density at radius 2 is 1.56 bits per heavy atom. The van der Waals surface area contributed by atoms with Crippen molar-refractivity contribution < 1.29 is 13.8 Å². The zero-order chi connectivity index (χ0) is 22.5. The summed E-state index contributed by atoms with van der Waals surface area (Å²) >= 11 is 3.10. The Morgan fingerprint density at radius 1 is 0.938 bits per heavy atom. The number of amides is 1. The summed E-state index contributed by atoms with van der Waals surface area (Å²) in [6.45, 7) is 0. The molecule has 0 bridgehead atoms. The summed E-state index contributed by atoms with van der Waals surface area (Å²) < 4.78 is 18.5. The molecule has 4 rings (SSSR count). The van der Waals surface area contributed by atoms with Crippen LogP contribution in [0, 0.1) is 11.2 Å². The van der Waals surface area contributed by atoms with Gasteiger partial charge in [0.25, 0.3) is 0 Å². The predicted octanol–water partition coefficient (Wildman–Crippen LogP) is 5.18. The second kappa shape index (κ2) is 9.52. The van der Waals surface area contributed by atoms with Gasteiger partial charge in [-0.15, -0.1) is 0 Å². The Morgan fingerprint density at radius 3 is 2.16 bits per heavy atom. The second-order valence-corrected chi connectivity index (χ2v) is 7.69. The van der Waals surface area contributed by atoms with E-state index in [2.05, 4.69) is 36.9 Å². The van der Waals surface area contributed by atoms with E-state index in [1.165, 1.54) is 18.2 Å². The highest BCUT2D eigenvalue weighted by atomic mass is 79.9. The molecule has 32 heavy (non-hydrogen) atoms. The number of anilines is 2. The molecular formula is C23H17BrFN5O2. The minimum absolute atomic E-state index is 0.00513. The fraction of sp³-hybridized carbons (Fsp3) is 0.0435. The van der Waals surface area contributed by atoms with Crippen LogP contribution in [0.1, 0.15) is 22.7 Å². The summed E-state index contributed by atoms with van der Waals surface area (Å²) in [5.74, 6) is -1.54. The van der Waals surface area contributed by atoms with Gasteiger partial charge >= 0.3 is 0 Å². The molecule has 3 N–H and O–H groups in total. The Balaban J connectivity index is 1.57. The number of carbonyl (C=O) groups is 1. The van der Waals surface area contributed by atoms with Gasteiger partial charge in [-0.3, -0.25) is 10.2 Å². The number of amidine groups is 1. The normalized spacial score (nSPS) is 10.7. The summed E-state index contributed by atoms with van der Waals surface area (Å²) in [6, 6.07) is 22.9. The third-order valence-corrected chi connectivity index (χ3v) is 5.29. The Kier molecular flexibility index (Phi) is 6.37. The van der Waals surface area contributed by atoms with Crippen molar-refractivity contribution in [2.75, 3.05) is 10.6 Å². The van der Waals surface area contributed by atoms with Gasteiger partial charge in [-0.05, 0) is 55.6 Å². The lowest BCUT2D eigenvalue weighted by atomic mass is 9.90. The SMILES string of the molecule is N=C(Nc1ccc(F)c(Br)c1)c1nonc1NC(=O)C(c1ccccc1)c1ccccc1. The quantitative estimate of drug-likeness (QED) is 0.253. The molecule has 1 heterocycles. The predicted molar refractivity (Wildman–Crippen MR) is 122 cm³/mol. The highest BCUT2D eigenvalue weighted by molar-refractivity contribution is 9.10. The lowest BCUT2D eigenvalue weighted by molar-refractivity contribution is -0.116. The van der Waals surface area contributed by atoms with Crippen LogP contribution in [0.4, 0.5) is 15.9 Å². The van der Waals surface area contributed by atoms with E-state index >= 15 is 0 Å². The molecule has 0 saturated heterocycles. The molecule has 9 heteroatoms. The molecule has 4 aromatic rings. The minimum atomic E-state index is -0.600. The van der Waals surface area contributed by atoms with Gasteiger partial charge in [0.1, 0.15) is 5.82 Å². The summed E-state index contributed by atoms with van der Waals surface area (Å²) in [5, 5.41) is 21.3. The Hall–Kier alpha value is -3.85. The van der Waals surface area contributed by atoms with E-state index in [1.54, 1.807) is 0 Å². The number of benzene rings is 3. The number of carbonyl (C=O) groups excluding carboxylic acids is 1. The van der Waals surface area contributed by atoms with Crippen LogP contribution in [-0.4, -0.2) is 22.1 Å². The van der Waals surface area contributed by atoms with Gasteiger partial charge in [-0.2, -0.15) is 0 Å². The first kappa shape index (κ1) is 21.4. The maximum Gasteiger partial charge on any atom is 0.237 e. The molecule has 0 spiro atoms. The molecule has 0 aliphatic carbocycles. The van der Waals surface area contributed by atoms with E-state index in [4.69, 9.17) is 10.0 Å². The zero-order valence-electron chi connectivity index (χ0n) is 16.5. The first-order chi connectivity index (χ1) is 15.5. The molecule has 0 aliphatic heterocycles. The van der Waals surface area contributed by atoms with E-state index in [1.807, 2.05) is 60.7 Å². The van der Waals surface area contributed by atoms with Gasteiger partial charge in [0.2, 0.25) is 11.7 Å². The zero-order valence-corrected chi connectivity index (χ0v) is 18.1. The monoisotopic (exact) mass is 493 g/mol. The largest absolute Gasteiger partial charge is 0.339 e. The van der Waals surface area contributed by atoms with Crippen molar-refractivity contribution in [3.8, 4) is 0 Å². The molecule has 1 aromatic heterocycles. The van der Waals surface area contributed by atoms with Crippen LogP contribution >= 0.6 is 15.9 Å². The van der Waals surface area contributed by atoms with Crippen molar-refractivity contribution in [3.63, 3.8) is 0 Å². The number of aromatic nitrogens is 2. The summed E-state index contributed by atoms with van der Waals surface area (Å²) in [6.07, 6.45) is 0. The fourth-order valence-corrected chi connectivity index (χ4v) is 3.57. The lowest BCUT2D eigenvalue weighted by Gasteiger charge is -2.17. The van der Waals surface area contributed by atoms with Crippen LogP contribution in [0.2, 0.25) is 0 Å². The average Bonchev–Trinajstić information content (AvgIpc) is 3.26. The molecule has 0 unspecified atom stereocenters. The number of halogens is 2. The number of hydrogen-bond acceptors (Lipinski definition) is 5. The van der Waals surface area contributed by atoms with E-state index in [0.717, 1.165) is 11.1 Å². The van der Waals surface area contributed by atoms with Crippen LogP contribution in [-0.2, 0) is 4.79 Å². The standard InChI is InChI=1S/C23H17BrFN5O2/c24-17-13-16(11-12-18(17)25)27-21(26)20-22(30-32-29-20)28-23(31)19(14-7-3-1-4-8-14)15-9-5-2-6-10-15/h1-13,19H,(H2,26,27)(H,28,30,31). The highest BCUT2D eigenvalue weighted by Gasteiger charge is 2.26. The minimum Gasteiger partial charge on any atom is -0.339 e. The summed E-state index contributed by atoms with van der Waals surface area (Å²) in [4.78, 5) is 13.3. The first-order valence-corrected chi connectivity index (χ1v) is 10.4. The van der Waals surface area contributed by atoms with Crippen molar-refractivity contribution in [3.05, 3.63) is 106 Å².